The van der Waals surface area contributed by atoms with Gasteiger partial charge in [0.1, 0.15) is 12.0 Å². The highest BCUT2D eigenvalue weighted by Gasteiger charge is 2.63. The molecule has 4 nitrogen and oxygen atoms in total. The van der Waals surface area contributed by atoms with E-state index in [2.05, 4.69) is 24.1 Å². The third-order valence-electron chi connectivity index (χ3n) is 4.45. The molecule has 98 valence electrons. The Bertz CT molecular complexity index is 575. The number of pyridine rings is 1. The van der Waals surface area contributed by atoms with Gasteiger partial charge in [-0.25, -0.2) is 0 Å². The van der Waals surface area contributed by atoms with E-state index in [9.17, 15) is 9.59 Å². The van der Waals surface area contributed by atoms with Crippen LogP contribution in [0.4, 0.5) is 0 Å². The second-order valence-corrected chi connectivity index (χ2v) is 5.83. The molecule has 1 aromatic rings. The molecule has 1 aromatic heterocycles. The highest BCUT2D eigenvalue weighted by atomic mass is 16.2. The molecular weight excluding hydrogens is 240 g/mol. The van der Waals surface area contributed by atoms with Crippen LogP contribution in [0.1, 0.15) is 30.8 Å². The molecule has 0 aliphatic heterocycles. The molecule has 0 saturated heterocycles. The van der Waals surface area contributed by atoms with Crippen LogP contribution < -0.4 is 5.32 Å². The van der Waals surface area contributed by atoms with E-state index in [1.807, 2.05) is 0 Å². The summed E-state index contributed by atoms with van der Waals surface area (Å²) in [4.78, 5) is 27.3. The van der Waals surface area contributed by atoms with E-state index in [-0.39, 0.29) is 11.3 Å². The Morgan fingerprint density at radius 2 is 2.26 bits per heavy atom. The number of hydrogen-bond donors (Lipinski definition) is 1. The van der Waals surface area contributed by atoms with Gasteiger partial charge in [0, 0.05) is 17.5 Å². The smallest absolute Gasteiger partial charge is 0.274 e. The van der Waals surface area contributed by atoms with Gasteiger partial charge in [0.15, 0.2) is 0 Å². The maximum absolute atomic E-state index is 12.0. The van der Waals surface area contributed by atoms with E-state index < -0.39 is 0 Å². The van der Waals surface area contributed by atoms with Gasteiger partial charge in [0.05, 0.1) is 0 Å². The fourth-order valence-electron chi connectivity index (χ4n) is 3.23. The average Bonchev–Trinajstić information content (AvgIpc) is 2.78. The Hall–Kier alpha value is -1.97. The predicted molar refractivity (Wildman–Crippen MR) is 70.2 cm³/mol. The molecule has 2 atom stereocenters. The number of amides is 1. The minimum Gasteiger partial charge on any atom is -0.324 e. The summed E-state index contributed by atoms with van der Waals surface area (Å²) in [5.41, 5.74) is 2.12. The maximum atomic E-state index is 12.0. The summed E-state index contributed by atoms with van der Waals surface area (Å²) >= 11 is 0. The lowest BCUT2D eigenvalue weighted by Crippen LogP contribution is -2.25. The van der Waals surface area contributed by atoms with Crippen LogP contribution in [0, 0.1) is 17.3 Å². The van der Waals surface area contributed by atoms with Gasteiger partial charge in [-0.1, -0.05) is 19.9 Å². The van der Waals surface area contributed by atoms with Gasteiger partial charge in [-0.3, -0.25) is 14.6 Å². The molecule has 1 fully saturated rings. The summed E-state index contributed by atoms with van der Waals surface area (Å²) in [6.45, 7) is 4.34. The minimum absolute atomic E-state index is 0.204. The molecule has 2 aliphatic carbocycles. The number of rotatable bonds is 3. The Balaban J connectivity index is 1.80. The lowest BCUT2D eigenvalue weighted by molar-refractivity contribution is -0.105. The zero-order valence-electron chi connectivity index (χ0n) is 11.0. The Morgan fingerprint density at radius 1 is 1.47 bits per heavy atom. The molecule has 0 bridgehead atoms. The maximum Gasteiger partial charge on any atom is 0.274 e. The number of carbonyl (C=O) groups excluding carboxylic acids is 2. The van der Waals surface area contributed by atoms with Crippen molar-refractivity contribution < 1.29 is 9.59 Å². The second-order valence-electron chi connectivity index (χ2n) is 5.83. The van der Waals surface area contributed by atoms with Crippen LogP contribution in [-0.4, -0.2) is 17.2 Å². The number of nitrogens with one attached hydrogen (secondary N) is 1. The first kappa shape index (κ1) is 12.1. The second kappa shape index (κ2) is 4.02. The number of aldehydes is 1. The molecule has 1 saturated carbocycles. The van der Waals surface area contributed by atoms with E-state index in [4.69, 9.17) is 0 Å². The molecule has 0 aromatic carbocycles. The Kier molecular flexibility index (Phi) is 2.55. The molecule has 4 heteroatoms. The molecule has 0 unspecified atom stereocenters. The first-order valence-electron chi connectivity index (χ1n) is 6.46. The van der Waals surface area contributed by atoms with Crippen LogP contribution in [0.5, 0.6) is 0 Å². The van der Waals surface area contributed by atoms with Crippen molar-refractivity contribution in [1.29, 1.82) is 0 Å². The van der Waals surface area contributed by atoms with E-state index in [0.717, 1.165) is 24.0 Å². The summed E-state index contributed by atoms with van der Waals surface area (Å²) in [5.74, 6) is 0.560. The van der Waals surface area contributed by atoms with Crippen molar-refractivity contribution in [3.63, 3.8) is 0 Å². The molecule has 1 N–H and O–H groups in total. The fraction of sp³-hybridized carbons (Fsp3) is 0.400. The SMILES string of the molecule is CC1(C)[C@@H]2CC(NC(=O)c3ccccn3)=C(C=O)[C@@H]21. The Morgan fingerprint density at radius 3 is 2.89 bits per heavy atom. The lowest BCUT2D eigenvalue weighted by atomic mass is 9.99. The standard InChI is InChI=1S/C15H16N2O2/c1-15(2)10-7-12(9(8-18)13(10)15)17-14(19)11-5-3-4-6-16-11/h3-6,8,10,13H,7H2,1-2H3,(H,17,19)/t10-,13+/m1/s1. The normalized spacial score (nSPS) is 26.8. The number of nitrogens with zero attached hydrogens (tertiary/aromatic N) is 1. The summed E-state index contributed by atoms with van der Waals surface area (Å²) < 4.78 is 0. The highest BCUT2D eigenvalue weighted by Crippen LogP contribution is 2.67. The van der Waals surface area contributed by atoms with Crippen molar-refractivity contribution in [2.45, 2.75) is 20.3 Å². The van der Waals surface area contributed by atoms with Gasteiger partial charge >= 0.3 is 0 Å². The molecule has 0 spiro atoms. The van der Waals surface area contributed by atoms with Crippen molar-refractivity contribution in [2.24, 2.45) is 17.3 Å². The quantitative estimate of drug-likeness (QED) is 0.841. The van der Waals surface area contributed by atoms with Gasteiger partial charge in [-0.05, 0) is 35.8 Å². The van der Waals surface area contributed by atoms with Gasteiger partial charge in [-0.2, -0.15) is 0 Å². The van der Waals surface area contributed by atoms with E-state index in [0.29, 0.717) is 17.5 Å². The molecule has 0 radical (unpaired) electrons. The minimum atomic E-state index is -0.242. The number of fused-ring (bicyclic) bond motifs is 1. The van der Waals surface area contributed by atoms with E-state index in [1.54, 1.807) is 24.4 Å². The fourth-order valence-corrected chi connectivity index (χ4v) is 3.23. The van der Waals surface area contributed by atoms with E-state index in [1.165, 1.54) is 0 Å². The summed E-state index contributed by atoms with van der Waals surface area (Å²) in [7, 11) is 0. The zero-order chi connectivity index (χ0) is 13.6. The van der Waals surface area contributed by atoms with Crippen LogP contribution in [0.25, 0.3) is 0 Å². The van der Waals surface area contributed by atoms with Crippen molar-refractivity contribution in [1.82, 2.24) is 10.3 Å². The number of aromatic nitrogens is 1. The van der Waals surface area contributed by atoms with Crippen molar-refractivity contribution in [2.75, 3.05) is 0 Å². The topological polar surface area (TPSA) is 59.1 Å². The molecule has 3 rings (SSSR count). The van der Waals surface area contributed by atoms with Crippen LogP contribution in [0.2, 0.25) is 0 Å². The van der Waals surface area contributed by atoms with Gasteiger partial charge in [0.25, 0.3) is 5.91 Å². The van der Waals surface area contributed by atoms with Crippen LogP contribution >= 0.6 is 0 Å². The molecular formula is C15H16N2O2. The zero-order valence-corrected chi connectivity index (χ0v) is 11.0. The monoisotopic (exact) mass is 256 g/mol. The number of carbonyl (C=O) groups is 2. The highest BCUT2D eigenvalue weighted by molar-refractivity contribution is 5.94. The van der Waals surface area contributed by atoms with Gasteiger partial charge in [-0.15, -0.1) is 0 Å². The molecule has 19 heavy (non-hydrogen) atoms. The number of hydrogen-bond acceptors (Lipinski definition) is 3. The largest absolute Gasteiger partial charge is 0.324 e. The first-order valence-corrected chi connectivity index (χ1v) is 6.46. The first-order chi connectivity index (χ1) is 9.05. The van der Waals surface area contributed by atoms with Crippen LogP contribution in [0.3, 0.4) is 0 Å². The summed E-state index contributed by atoms with van der Waals surface area (Å²) in [6, 6.07) is 5.20. The predicted octanol–water partition coefficient (Wildman–Crippen LogP) is 1.94. The molecule has 1 heterocycles. The van der Waals surface area contributed by atoms with Crippen LogP contribution in [-0.2, 0) is 4.79 Å². The molecule has 1 amide bonds. The number of allylic oxidation sites excluding steroid dienone is 2. The van der Waals surface area contributed by atoms with Crippen molar-refractivity contribution in [3.05, 3.63) is 41.4 Å². The molecule has 2 aliphatic rings. The van der Waals surface area contributed by atoms with Gasteiger partial charge < -0.3 is 5.32 Å². The third kappa shape index (κ3) is 1.79. The van der Waals surface area contributed by atoms with Crippen molar-refractivity contribution >= 4 is 12.2 Å². The summed E-state index contributed by atoms with van der Waals surface area (Å²) in [5, 5.41) is 2.84. The van der Waals surface area contributed by atoms with Crippen LogP contribution in [0.15, 0.2) is 35.7 Å². The van der Waals surface area contributed by atoms with Crippen molar-refractivity contribution in [3.8, 4) is 0 Å². The van der Waals surface area contributed by atoms with Gasteiger partial charge in [0.2, 0.25) is 0 Å². The lowest BCUT2D eigenvalue weighted by Gasteiger charge is -2.13. The average molecular weight is 256 g/mol. The summed E-state index contributed by atoms with van der Waals surface area (Å²) in [6.07, 6.45) is 3.26. The van der Waals surface area contributed by atoms with E-state index >= 15 is 0 Å². The Labute approximate surface area is 111 Å². The third-order valence-corrected chi connectivity index (χ3v) is 4.45.